The molecule has 0 bridgehead atoms. The molecule has 0 radical (unpaired) electrons. The van der Waals surface area contributed by atoms with E-state index in [9.17, 15) is 21.9 Å². The second kappa shape index (κ2) is 24.1. The van der Waals surface area contributed by atoms with Gasteiger partial charge in [0, 0.05) is 44.3 Å². The molecule has 91 heavy (non-hydrogen) atoms. The van der Waals surface area contributed by atoms with Crippen LogP contribution in [0.15, 0.2) is 273 Å². The summed E-state index contributed by atoms with van der Waals surface area (Å²) in [6.45, 7) is 19.0. The van der Waals surface area contributed by atoms with Crippen molar-refractivity contribution < 1.29 is 56.4 Å². The maximum atomic E-state index is 11.0. The zero-order valence-corrected chi connectivity index (χ0v) is 54.8. The number of imidazole rings is 1. The second-order valence-electron chi connectivity index (χ2n) is 25.4. The average molecular weight is 1400 g/mol. The summed E-state index contributed by atoms with van der Waals surface area (Å²) in [4.78, 5) is 4.87. The van der Waals surface area contributed by atoms with Crippen molar-refractivity contribution in [2.24, 2.45) is 0 Å². The maximum absolute atomic E-state index is 11.0. The number of fused-ring (bicyclic) bond motifs is 4. The molecule has 0 fully saturated rings. The van der Waals surface area contributed by atoms with Crippen LogP contribution in [0.25, 0.3) is 83.4 Å². The third-order valence-electron chi connectivity index (χ3n) is 16.5. The Morgan fingerprint density at radius 1 is 0.462 bits per heavy atom. The molecule has 14 rings (SSSR count). The first-order chi connectivity index (χ1) is 51.4. The number of nitrogens with zero attached hydrogens (tertiary/aromatic N) is 4. The molecule has 5 nitrogen and oxygen atoms in total. The number of pyridine rings is 1. The van der Waals surface area contributed by atoms with Crippen molar-refractivity contribution in [2.45, 2.75) is 78.6 Å². The van der Waals surface area contributed by atoms with E-state index in [4.69, 9.17) is 13.8 Å². The number of ether oxygens (including phenoxy) is 1. The molecule has 3 heterocycles. The van der Waals surface area contributed by atoms with Crippen LogP contribution in [-0.4, -0.2) is 22.2 Å². The zero-order chi connectivity index (χ0) is 78.5. The van der Waals surface area contributed by atoms with Gasteiger partial charge in [-0.3, -0.25) is 4.57 Å². The van der Waals surface area contributed by atoms with E-state index in [0.717, 1.165) is 49.6 Å². The van der Waals surface area contributed by atoms with Gasteiger partial charge in [0.15, 0.2) is 8.07 Å². The van der Waals surface area contributed by atoms with E-state index >= 15 is 0 Å². The summed E-state index contributed by atoms with van der Waals surface area (Å²) in [5.74, 6) is 1.36. The summed E-state index contributed by atoms with van der Waals surface area (Å²) in [7, 11) is -6.27. The molecule has 7 heteroatoms. The van der Waals surface area contributed by atoms with Gasteiger partial charge in [0.25, 0.3) is 6.33 Å². The van der Waals surface area contributed by atoms with Crippen LogP contribution >= 0.6 is 0 Å². The predicted octanol–water partition coefficient (Wildman–Crippen LogP) is 17.9. The number of rotatable bonds is 12. The van der Waals surface area contributed by atoms with Crippen LogP contribution < -0.4 is 30.1 Å². The molecule has 0 aliphatic rings. The number of para-hydroxylation sites is 2. The van der Waals surface area contributed by atoms with E-state index in [1.165, 1.54) is 0 Å². The molecule has 0 unspecified atom stereocenters. The van der Waals surface area contributed by atoms with Crippen molar-refractivity contribution in [1.29, 1.82) is 0 Å². The molecular weight excluding hydrogens is 1300 g/mol. The van der Waals surface area contributed by atoms with Crippen molar-refractivity contribution in [2.75, 3.05) is 0 Å². The molecule has 14 aromatic rings. The van der Waals surface area contributed by atoms with Gasteiger partial charge >= 0.3 is 0 Å². The Morgan fingerprint density at radius 3 is 1.73 bits per heavy atom. The summed E-state index contributed by atoms with van der Waals surface area (Å²) >= 11 is 0. The molecule has 0 N–H and O–H groups in total. The van der Waals surface area contributed by atoms with E-state index in [-0.39, 0.29) is 48.9 Å². The molecule has 0 saturated heterocycles. The molecule has 0 saturated carbocycles. The summed E-state index contributed by atoms with van der Waals surface area (Å²) in [6, 6.07) is 35.7. The van der Waals surface area contributed by atoms with Crippen LogP contribution in [0.5, 0.6) is 11.5 Å². The van der Waals surface area contributed by atoms with Gasteiger partial charge in [-0.15, -0.1) is 29.7 Å². The monoisotopic (exact) mass is 1390 g/mol. The first-order valence-corrected chi connectivity index (χ1v) is 31.7. The molecular formula is C84H72N4OPtSi-2. The smallest absolute Gasteiger partial charge is 0.268 e. The Hall–Kier alpha value is -9.45. The number of aromatic nitrogens is 4. The SMILES string of the molecule is [2H]c1c([2H])c([2H])c([Si](c2c([2H])c([2H])c([2H])c([2H])c2[2H])(c2c([2H])c([2H])c([2H])c([2H])c2[2H])c2c([2H])c([2H])c([2H])c(-c3cccc(-c4cccc(C(C)(C)C)c4)c3-[n+]3[c-]n(-c4[c-]c(Oc5[c-]c6c(cc5)c5ccccc5n6-c5cc(C(C)(C)C)ccn5)ccc4)c4cc(-c5ccc(C(C)(C)C)cc5)ccc43)c2[2H])c([2H])c1[2H].[Pt]. The number of hydrogen-bond acceptors (Lipinski definition) is 2. The Kier molecular flexibility index (Phi) is 11.0. The van der Waals surface area contributed by atoms with Gasteiger partial charge in [-0.2, -0.15) is 18.2 Å². The van der Waals surface area contributed by atoms with E-state index in [1.54, 1.807) is 27.3 Å². The topological polar surface area (TPSA) is 35.9 Å². The number of benzene rings is 11. The maximum Gasteiger partial charge on any atom is 0.268 e. The largest absolute Gasteiger partial charge is 0.510 e. The minimum absolute atomic E-state index is 0. The van der Waals surface area contributed by atoms with Gasteiger partial charge < -0.3 is 13.9 Å². The van der Waals surface area contributed by atoms with Gasteiger partial charge in [0.1, 0.15) is 5.82 Å². The van der Waals surface area contributed by atoms with Gasteiger partial charge in [-0.25, -0.2) is 4.98 Å². The summed E-state index contributed by atoms with van der Waals surface area (Å²) < 4.78 is 195. The molecule has 3 aromatic heterocycles. The van der Waals surface area contributed by atoms with Crippen LogP contribution in [0.3, 0.4) is 0 Å². The summed E-state index contributed by atoms with van der Waals surface area (Å²) in [5, 5.41) is -1.83. The van der Waals surface area contributed by atoms with Crippen molar-refractivity contribution in [1.82, 2.24) is 14.1 Å². The standard InChI is InChI=1S/C84H72N4OSi.Pt/c1-82(2,3)62-44-41-58(42-45-62)59-43-48-77-79(53-59)86(65-28-23-29-66(55-65)89-67-46-47-75-74-37-19-20-40-76(74)88(78(75)56-67)80-54-64(49-50-85-80)84(7,8)9)57-87(77)81-72(60-25-21-27-63(51-60)83(4,5)6)38-24-39-73(81)61-26-22-36-71(52-61)90(68-30-13-10-14-31-68,69-32-15-11-16-33-69)70-34-17-12-18-35-70;/h10-54H,1-9H3;/q-2;/i10D,11D,12D,13D,14D,15D,16D,17D,18D,22D,26D,30D,31D,32D,33D,34D,35D,36D,52D;. The van der Waals surface area contributed by atoms with Gasteiger partial charge in [-0.1, -0.05) is 280 Å². The third kappa shape index (κ3) is 11.3. The quantitative estimate of drug-likeness (QED) is 0.0529. The minimum atomic E-state index is -6.27. The summed E-state index contributed by atoms with van der Waals surface area (Å²) in [6.07, 6.45) is 5.47. The van der Waals surface area contributed by atoms with Crippen molar-refractivity contribution in [3.05, 3.63) is 308 Å². The Labute approximate surface area is 577 Å². The first kappa shape index (κ1) is 41.8. The molecule has 450 valence electrons. The summed E-state index contributed by atoms with van der Waals surface area (Å²) in [5.41, 5.74) is 7.80. The van der Waals surface area contributed by atoms with E-state index in [0.29, 0.717) is 39.4 Å². The normalized spacial score (nSPS) is 15.1. The second-order valence-corrected chi connectivity index (χ2v) is 28.9. The fourth-order valence-corrected chi connectivity index (χ4v) is 15.4. The Balaban J connectivity index is 0.0000106. The minimum Gasteiger partial charge on any atom is -0.510 e. The predicted molar refractivity (Wildman–Crippen MR) is 376 cm³/mol. The molecule has 0 aliphatic heterocycles. The van der Waals surface area contributed by atoms with Crippen molar-refractivity contribution in [3.8, 4) is 62.1 Å². The number of hydrogen-bond donors (Lipinski definition) is 0. The van der Waals surface area contributed by atoms with Crippen LogP contribution in [0, 0.1) is 18.5 Å². The molecule has 0 amide bonds. The van der Waals surface area contributed by atoms with E-state index in [1.807, 2.05) is 115 Å². The van der Waals surface area contributed by atoms with Crippen LogP contribution in [0.2, 0.25) is 0 Å². The van der Waals surface area contributed by atoms with E-state index in [2.05, 4.69) is 110 Å². The van der Waals surface area contributed by atoms with Crippen molar-refractivity contribution >= 4 is 61.7 Å². The van der Waals surface area contributed by atoms with Crippen LogP contribution in [0.1, 0.15) is 105 Å². The third-order valence-corrected chi connectivity index (χ3v) is 20.5. The fourth-order valence-electron chi connectivity index (χ4n) is 11.8. The molecule has 11 aromatic carbocycles. The Bertz CT molecular complexity index is 5920. The van der Waals surface area contributed by atoms with Crippen molar-refractivity contribution in [3.63, 3.8) is 0 Å². The van der Waals surface area contributed by atoms with Crippen LogP contribution in [0.4, 0.5) is 0 Å². The Morgan fingerprint density at radius 2 is 1.05 bits per heavy atom. The zero-order valence-electron chi connectivity index (χ0n) is 70.5. The van der Waals surface area contributed by atoms with Gasteiger partial charge in [-0.05, 0) is 122 Å². The molecule has 0 spiro atoms. The van der Waals surface area contributed by atoms with Gasteiger partial charge in [0.05, 0.1) is 42.8 Å². The van der Waals surface area contributed by atoms with E-state index < -0.39 is 155 Å². The fraction of sp³-hybridized carbons (Fsp3) is 0.143. The molecule has 0 aliphatic carbocycles. The van der Waals surface area contributed by atoms with Gasteiger partial charge in [0.2, 0.25) is 0 Å². The molecule has 0 atom stereocenters. The van der Waals surface area contributed by atoms with Crippen LogP contribution in [-0.2, 0) is 37.3 Å². The first-order valence-electron chi connectivity index (χ1n) is 39.2. The average Bonchev–Trinajstić information content (AvgIpc) is 0.822.